The minimum Gasteiger partial charge on any atom is -0.507 e. The van der Waals surface area contributed by atoms with Gasteiger partial charge in [0.1, 0.15) is 18.1 Å². The first-order chi connectivity index (χ1) is 23.1. The van der Waals surface area contributed by atoms with Gasteiger partial charge < -0.3 is 33.9 Å². The van der Waals surface area contributed by atoms with Gasteiger partial charge in [0.25, 0.3) is 11.4 Å². The number of carbonyl (C=O) groups is 3. The predicted molar refractivity (Wildman–Crippen MR) is 195 cm³/mol. The Morgan fingerprint density at radius 1 is 0.692 bits per heavy atom. The highest BCUT2D eigenvalue weighted by Crippen LogP contribution is 2.42. The molecule has 2 rings (SSSR count). The van der Waals surface area contributed by atoms with E-state index in [0.29, 0.717) is 22.3 Å². The van der Waals surface area contributed by atoms with Crippen molar-refractivity contribution < 1.29 is 58.1 Å². The predicted octanol–water partition coefficient (Wildman–Crippen LogP) is 8.59. The molecular weight excluding hydrogens is 708 g/mol. The van der Waals surface area contributed by atoms with Crippen molar-refractivity contribution in [3.63, 3.8) is 0 Å². The maximum atomic E-state index is 11.6. The van der Waals surface area contributed by atoms with E-state index < -0.39 is 49.2 Å². The van der Waals surface area contributed by atoms with E-state index in [4.69, 9.17) is 9.47 Å². The van der Waals surface area contributed by atoms with E-state index in [1.165, 1.54) is 26.4 Å². The molecule has 0 aliphatic rings. The summed E-state index contributed by atoms with van der Waals surface area (Å²) in [4.78, 5) is 53.9. The number of phenols is 1. The molecule has 0 spiro atoms. The van der Waals surface area contributed by atoms with Crippen LogP contribution < -0.4 is 4.74 Å². The molecule has 2 aromatic rings. The SMILES string of the molecule is C.CC(C)(C)c1cc(C(C)(C)CO)c(O)cc1[N+](=O)[O-].COC(=O)Cl.COC(=O)OCC(C)(C)c1cc(C(C)(C)C)c([N+](=O)[O-])cc1OC(=O)OC. The monoisotopic (exact) mass is 760 g/mol. The van der Waals surface area contributed by atoms with Gasteiger partial charge in [-0.25, -0.2) is 14.4 Å². The van der Waals surface area contributed by atoms with Gasteiger partial charge in [-0.05, 0) is 23.0 Å². The number of aliphatic hydroxyl groups is 1. The number of benzene rings is 2. The zero-order valence-corrected chi connectivity index (χ0v) is 32.0. The standard InChI is InChI=1S/C18H25NO8.C14H21NO4.C2H3ClO2.CH4/c1-17(2,3)11-8-12(18(4,5)10-26-15(20)24-6)14(27-16(21)25-7)9-13(11)19(22)23;1-13(2,3)9-6-10(14(4,5)8-16)12(17)7-11(9)15(18)19;1-5-2(3)4;/h8-9H,10H2,1-7H3;6-7,16-17H,8H2,1-5H3;1H3;1H4. The molecule has 294 valence electrons. The molecule has 0 radical (unpaired) electrons. The first-order valence-corrected chi connectivity index (χ1v) is 15.7. The van der Waals surface area contributed by atoms with Crippen LogP contribution in [0.25, 0.3) is 0 Å². The van der Waals surface area contributed by atoms with Crippen LogP contribution in [0.15, 0.2) is 24.3 Å². The number of carbonyl (C=O) groups excluding carboxylic acids is 3. The third-order valence-electron chi connectivity index (χ3n) is 7.31. The number of methoxy groups -OCH3 is 3. The summed E-state index contributed by atoms with van der Waals surface area (Å²) in [6, 6.07) is 5.58. The topological polar surface area (TPSA) is 224 Å². The molecule has 0 saturated heterocycles. The number of nitrogens with zero attached hydrogens (tertiary/aromatic N) is 2. The summed E-state index contributed by atoms with van der Waals surface area (Å²) in [5, 5.41) is 42.0. The Kier molecular flexibility index (Phi) is 18.8. The van der Waals surface area contributed by atoms with Crippen LogP contribution in [0, 0.1) is 20.2 Å². The van der Waals surface area contributed by atoms with Crippen molar-refractivity contribution in [2.24, 2.45) is 0 Å². The molecule has 0 saturated carbocycles. The Bertz CT molecular complexity index is 1570. The molecule has 2 aromatic carbocycles. The van der Waals surface area contributed by atoms with Gasteiger partial charge in [0.2, 0.25) is 0 Å². The second-order valence-electron chi connectivity index (χ2n) is 14.4. The number of nitro benzene ring substituents is 2. The van der Waals surface area contributed by atoms with Gasteiger partial charge in [0.05, 0.1) is 49.9 Å². The van der Waals surface area contributed by atoms with Crippen LogP contribution in [-0.4, -0.2) is 72.3 Å². The fourth-order valence-electron chi connectivity index (χ4n) is 4.40. The Hall–Kier alpha value is -4.70. The van der Waals surface area contributed by atoms with E-state index in [2.05, 4.69) is 25.8 Å². The highest BCUT2D eigenvalue weighted by atomic mass is 35.5. The second kappa shape index (κ2) is 19.8. The number of halogens is 1. The summed E-state index contributed by atoms with van der Waals surface area (Å²) in [5.74, 6) is -0.196. The summed E-state index contributed by atoms with van der Waals surface area (Å²) >= 11 is 4.60. The molecule has 0 aliphatic heterocycles. The number of hydrogen-bond donors (Lipinski definition) is 2. The lowest BCUT2D eigenvalue weighted by Gasteiger charge is -2.29. The zero-order chi connectivity index (χ0) is 40.3. The number of hydrogen-bond acceptors (Lipinski definition) is 14. The number of nitro groups is 2. The summed E-state index contributed by atoms with van der Waals surface area (Å²) in [5.41, 5.74) is -1.56. The van der Waals surface area contributed by atoms with Crippen LogP contribution in [0.1, 0.15) is 98.9 Å². The Morgan fingerprint density at radius 3 is 1.44 bits per heavy atom. The molecule has 0 heterocycles. The summed E-state index contributed by atoms with van der Waals surface area (Å²) in [6.45, 7) is 17.9. The van der Waals surface area contributed by atoms with Crippen molar-refractivity contribution in [3.8, 4) is 11.5 Å². The molecular formula is C35H53ClN2O14. The third-order valence-corrected chi connectivity index (χ3v) is 7.47. The van der Waals surface area contributed by atoms with Crippen LogP contribution in [-0.2, 0) is 40.6 Å². The molecule has 52 heavy (non-hydrogen) atoms. The van der Waals surface area contributed by atoms with E-state index in [1.807, 2.05) is 41.5 Å². The van der Waals surface area contributed by atoms with E-state index in [-0.39, 0.29) is 43.5 Å². The third kappa shape index (κ3) is 14.5. The molecule has 0 unspecified atom stereocenters. The van der Waals surface area contributed by atoms with Crippen molar-refractivity contribution in [2.75, 3.05) is 34.5 Å². The molecule has 0 amide bonds. The Morgan fingerprint density at radius 2 is 1.10 bits per heavy atom. The number of ether oxygens (including phenoxy) is 5. The van der Waals surface area contributed by atoms with Gasteiger partial charge in [-0.3, -0.25) is 20.2 Å². The molecule has 16 nitrogen and oxygen atoms in total. The quantitative estimate of drug-likeness (QED) is 0.0642. The van der Waals surface area contributed by atoms with Crippen LogP contribution in [0.3, 0.4) is 0 Å². The van der Waals surface area contributed by atoms with E-state index >= 15 is 0 Å². The minimum atomic E-state index is -1.02. The maximum absolute atomic E-state index is 11.6. The summed E-state index contributed by atoms with van der Waals surface area (Å²) < 4.78 is 23.0. The Balaban J connectivity index is 0. The molecule has 0 aliphatic carbocycles. The van der Waals surface area contributed by atoms with Gasteiger partial charge >= 0.3 is 17.7 Å². The first-order valence-electron chi connectivity index (χ1n) is 15.3. The molecule has 0 fully saturated rings. The van der Waals surface area contributed by atoms with Crippen LogP contribution in [0.2, 0.25) is 0 Å². The van der Waals surface area contributed by atoms with E-state index in [9.17, 15) is 44.8 Å². The molecule has 17 heteroatoms. The summed E-state index contributed by atoms with van der Waals surface area (Å²) in [7, 11) is 3.53. The minimum absolute atomic E-state index is 0. The number of aromatic hydroxyl groups is 1. The first kappa shape index (κ1) is 49.4. The van der Waals surface area contributed by atoms with Gasteiger partial charge in [-0.15, -0.1) is 0 Å². The number of phenolic OH excluding ortho intramolecular Hbond substituents is 1. The molecule has 0 aromatic heterocycles. The lowest BCUT2D eigenvalue weighted by molar-refractivity contribution is -0.386. The normalized spacial score (nSPS) is 11.2. The highest BCUT2D eigenvalue weighted by molar-refractivity contribution is 6.61. The van der Waals surface area contributed by atoms with E-state index in [0.717, 1.165) is 7.11 Å². The van der Waals surface area contributed by atoms with Gasteiger partial charge in [-0.1, -0.05) is 76.7 Å². The fraction of sp³-hybridized carbons (Fsp3) is 0.571. The lowest BCUT2D eigenvalue weighted by Crippen LogP contribution is -2.28. The zero-order valence-electron chi connectivity index (χ0n) is 31.3. The fourth-order valence-corrected chi connectivity index (χ4v) is 4.40. The van der Waals surface area contributed by atoms with Gasteiger partial charge in [0, 0.05) is 44.7 Å². The van der Waals surface area contributed by atoms with Crippen molar-refractivity contribution in [1.29, 1.82) is 0 Å². The Labute approximate surface area is 309 Å². The molecule has 0 bridgehead atoms. The van der Waals surface area contributed by atoms with Crippen LogP contribution in [0.5, 0.6) is 11.5 Å². The second-order valence-corrected chi connectivity index (χ2v) is 14.7. The van der Waals surface area contributed by atoms with Crippen molar-refractivity contribution >= 4 is 40.7 Å². The lowest BCUT2D eigenvalue weighted by atomic mass is 9.78. The molecule has 0 atom stereocenters. The highest BCUT2D eigenvalue weighted by Gasteiger charge is 2.35. The number of aliphatic hydroxyl groups excluding tert-OH is 1. The van der Waals surface area contributed by atoms with E-state index in [1.54, 1.807) is 39.8 Å². The van der Waals surface area contributed by atoms with Crippen LogP contribution in [0.4, 0.5) is 25.8 Å². The maximum Gasteiger partial charge on any atom is 0.513 e. The average molecular weight is 761 g/mol. The van der Waals surface area contributed by atoms with Crippen molar-refractivity contribution in [3.05, 3.63) is 66.7 Å². The summed E-state index contributed by atoms with van der Waals surface area (Å²) in [6.07, 6.45) is -1.88. The van der Waals surface area contributed by atoms with Crippen molar-refractivity contribution in [1.82, 2.24) is 0 Å². The van der Waals surface area contributed by atoms with Gasteiger partial charge in [0.15, 0.2) is 0 Å². The molecule has 2 N–H and O–H groups in total. The van der Waals surface area contributed by atoms with Crippen LogP contribution >= 0.6 is 11.6 Å². The van der Waals surface area contributed by atoms with Gasteiger partial charge in [-0.2, -0.15) is 0 Å². The number of rotatable bonds is 8. The average Bonchev–Trinajstić information content (AvgIpc) is 3.02. The van der Waals surface area contributed by atoms with Crippen molar-refractivity contribution in [2.45, 2.75) is 98.3 Å². The smallest absolute Gasteiger partial charge is 0.507 e. The largest absolute Gasteiger partial charge is 0.513 e.